The lowest BCUT2D eigenvalue weighted by atomic mass is 9.68. The van der Waals surface area contributed by atoms with Gasteiger partial charge in [0.25, 0.3) is 5.79 Å². The highest BCUT2D eigenvalue weighted by molar-refractivity contribution is 7.46. The van der Waals surface area contributed by atoms with Crippen molar-refractivity contribution in [1.29, 1.82) is 0 Å². The van der Waals surface area contributed by atoms with Crippen molar-refractivity contribution in [3.05, 3.63) is 29.8 Å². The molecule has 0 spiro atoms. The van der Waals surface area contributed by atoms with Crippen LogP contribution in [0.5, 0.6) is 5.75 Å². The predicted octanol–water partition coefficient (Wildman–Crippen LogP) is 4.55. The molecule has 0 amide bonds. The molecule has 0 bridgehead atoms. The summed E-state index contributed by atoms with van der Waals surface area (Å²) in [5.74, 6) is -1.35. The van der Waals surface area contributed by atoms with E-state index in [4.69, 9.17) is 23.8 Å². The summed E-state index contributed by atoms with van der Waals surface area (Å²) in [6.07, 6.45) is -0.232. The van der Waals surface area contributed by atoms with E-state index in [1.807, 2.05) is 34.6 Å². The standard InChI is InChI=1S/C21H35O8P/c1-15(2)26-21(16-10-9-11-17(12-16)27-30(22,23)24)20(28-29-21,19(6,7)8)14-25-13-18(3,4)5/h9-12,15H,13-14H2,1-8H3,(H2,22,23,24). The summed E-state index contributed by atoms with van der Waals surface area (Å²) in [5.41, 5.74) is -1.01. The zero-order valence-electron chi connectivity index (χ0n) is 19.1. The Bertz CT molecular complexity index is 776. The van der Waals surface area contributed by atoms with E-state index in [0.717, 1.165) is 0 Å². The van der Waals surface area contributed by atoms with Crippen LogP contribution in [0.15, 0.2) is 24.3 Å². The first-order valence-corrected chi connectivity index (χ1v) is 11.5. The Morgan fingerprint density at radius 1 is 1.10 bits per heavy atom. The minimum atomic E-state index is -4.72. The monoisotopic (exact) mass is 446 g/mol. The molecule has 2 unspecified atom stereocenters. The minimum absolute atomic E-state index is 0.00137. The summed E-state index contributed by atoms with van der Waals surface area (Å²) in [7, 11) is -4.72. The van der Waals surface area contributed by atoms with Gasteiger partial charge >= 0.3 is 7.82 Å². The second kappa shape index (κ2) is 8.51. The molecular weight excluding hydrogens is 411 g/mol. The van der Waals surface area contributed by atoms with Crippen molar-refractivity contribution in [3.63, 3.8) is 0 Å². The summed E-state index contributed by atoms with van der Waals surface area (Å²) < 4.78 is 28.4. The highest BCUT2D eigenvalue weighted by Gasteiger charge is 2.72. The van der Waals surface area contributed by atoms with Crippen LogP contribution in [-0.2, 0) is 29.6 Å². The normalized spacial score (nSPS) is 25.3. The minimum Gasteiger partial charge on any atom is -0.404 e. The van der Waals surface area contributed by atoms with Crippen molar-refractivity contribution in [2.45, 2.75) is 72.9 Å². The van der Waals surface area contributed by atoms with Crippen LogP contribution in [0.25, 0.3) is 0 Å². The number of phosphoric acid groups is 1. The molecule has 8 nitrogen and oxygen atoms in total. The summed E-state index contributed by atoms with van der Waals surface area (Å²) in [4.78, 5) is 29.8. The Kier molecular flexibility index (Phi) is 7.17. The van der Waals surface area contributed by atoms with Crippen LogP contribution in [0.2, 0.25) is 0 Å². The fourth-order valence-electron chi connectivity index (χ4n) is 3.36. The Hall–Kier alpha value is -0.990. The molecular formula is C21H35O8P. The second-order valence-electron chi connectivity index (χ2n) is 10.2. The van der Waals surface area contributed by atoms with Crippen LogP contribution >= 0.6 is 7.82 Å². The molecule has 9 heteroatoms. The fourth-order valence-corrected chi connectivity index (χ4v) is 3.75. The quantitative estimate of drug-likeness (QED) is 0.443. The Morgan fingerprint density at radius 2 is 1.73 bits per heavy atom. The van der Waals surface area contributed by atoms with Crippen LogP contribution in [0.3, 0.4) is 0 Å². The average molecular weight is 446 g/mol. The van der Waals surface area contributed by atoms with Gasteiger partial charge in [0.05, 0.1) is 19.3 Å². The molecule has 1 aromatic rings. The topological polar surface area (TPSA) is 104 Å². The lowest BCUT2D eigenvalue weighted by molar-refractivity contribution is -0.643. The van der Waals surface area contributed by atoms with Crippen molar-refractivity contribution in [1.82, 2.24) is 0 Å². The van der Waals surface area contributed by atoms with Gasteiger partial charge in [-0.1, -0.05) is 53.7 Å². The Labute approximate surface area is 179 Å². The third-order valence-corrected chi connectivity index (χ3v) is 5.17. The molecule has 0 radical (unpaired) electrons. The number of hydrogen-bond acceptors (Lipinski definition) is 6. The van der Waals surface area contributed by atoms with Crippen molar-refractivity contribution in [2.75, 3.05) is 13.2 Å². The SMILES string of the molecule is CC(C)OC1(c2cccc(OP(=O)(O)O)c2)OOC1(COCC(C)(C)C)C(C)(C)C. The molecule has 2 rings (SSSR count). The first-order chi connectivity index (χ1) is 13.5. The predicted molar refractivity (Wildman–Crippen MR) is 112 cm³/mol. The maximum absolute atomic E-state index is 11.3. The van der Waals surface area contributed by atoms with Gasteiger partial charge in [-0.2, -0.15) is 4.89 Å². The maximum Gasteiger partial charge on any atom is 0.524 e. The van der Waals surface area contributed by atoms with Crippen LogP contribution < -0.4 is 4.52 Å². The van der Waals surface area contributed by atoms with Gasteiger partial charge in [-0.05, 0) is 31.4 Å². The van der Waals surface area contributed by atoms with E-state index in [-0.39, 0.29) is 23.9 Å². The molecule has 2 N–H and O–H groups in total. The van der Waals surface area contributed by atoms with E-state index in [1.54, 1.807) is 12.1 Å². The van der Waals surface area contributed by atoms with E-state index in [2.05, 4.69) is 20.8 Å². The number of benzene rings is 1. The van der Waals surface area contributed by atoms with Gasteiger partial charge in [0.15, 0.2) is 5.60 Å². The van der Waals surface area contributed by atoms with Gasteiger partial charge in [0.1, 0.15) is 5.75 Å². The molecule has 1 heterocycles. The summed E-state index contributed by atoms with van der Waals surface area (Å²) in [6.45, 7) is 16.7. The highest BCUT2D eigenvalue weighted by Crippen LogP contribution is 2.59. The molecule has 1 aliphatic heterocycles. The Morgan fingerprint density at radius 3 is 2.17 bits per heavy atom. The molecule has 172 valence electrons. The van der Waals surface area contributed by atoms with Crippen LogP contribution in [0.4, 0.5) is 0 Å². The summed E-state index contributed by atoms with van der Waals surface area (Å²) >= 11 is 0. The van der Waals surface area contributed by atoms with Crippen molar-refractivity contribution in [2.24, 2.45) is 10.8 Å². The molecule has 0 saturated carbocycles. The van der Waals surface area contributed by atoms with Gasteiger partial charge in [0.2, 0.25) is 0 Å². The third-order valence-electron chi connectivity index (χ3n) is 4.72. The zero-order valence-corrected chi connectivity index (χ0v) is 20.0. The van der Waals surface area contributed by atoms with E-state index in [0.29, 0.717) is 12.2 Å². The highest BCUT2D eigenvalue weighted by atomic mass is 31.2. The lowest BCUT2D eigenvalue weighted by Crippen LogP contribution is -2.74. The molecule has 0 aromatic heterocycles. The Balaban J connectivity index is 2.52. The van der Waals surface area contributed by atoms with Gasteiger partial charge in [0, 0.05) is 11.0 Å². The van der Waals surface area contributed by atoms with E-state index < -0.39 is 24.6 Å². The first kappa shape index (κ1) is 25.3. The second-order valence-corrected chi connectivity index (χ2v) is 11.4. The largest absolute Gasteiger partial charge is 0.524 e. The fraction of sp³-hybridized carbons (Fsp3) is 0.714. The molecule has 30 heavy (non-hydrogen) atoms. The van der Waals surface area contributed by atoms with Gasteiger partial charge in [-0.3, -0.25) is 9.79 Å². The molecule has 1 saturated heterocycles. The number of rotatable bonds is 8. The number of ether oxygens (including phenoxy) is 2. The lowest BCUT2D eigenvalue weighted by Gasteiger charge is -2.61. The van der Waals surface area contributed by atoms with Crippen molar-refractivity contribution in [3.8, 4) is 5.75 Å². The van der Waals surface area contributed by atoms with Gasteiger partial charge in [-0.25, -0.2) is 9.45 Å². The van der Waals surface area contributed by atoms with Gasteiger partial charge < -0.3 is 14.0 Å². The van der Waals surface area contributed by atoms with E-state index in [1.165, 1.54) is 12.1 Å². The average Bonchev–Trinajstić information content (AvgIpc) is 2.51. The van der Waals surface area contributed by atoms with E-state index in [9.17, 15) is 14.4 Å². The van der Waals surface area contributed by atoms with Crippen molar-refractivity contribution < 1.29 is 38.1 Å². The molecule has 1 fully saturated rings. The van der Waals surface area contributed by atoms with Crippen LogP contribution in [0, 0.1) is 10.8 Å². The number of hydrogen-bond donors (Lipinski definition) is 2. The summed E-state index contributed by atoms with van der Waals surface area (Å²) in [6, 6.07) is 6.33. The van der Waals surface area contributed by atoms with E-state index >= 15 is 0 Å². The molecule has 2 atom stereocenters. The summed E-state index contributed by atoms with van der Waals surface area (Å²) in [5, 5.41) is 0. The number of phosphoric ester groups is 1. The maximum atomic E-state index is 11.3. The molecule has 1 aromatic carbocycles. The van der Waals surface area contributed by atoms with Crippen LogP contribution in [0.1, 0.15) is 61.0 Å². The molecule has 0 aliphatic carbocycles. The van der Waals surface area contributed by atoms with Crippen molar-refractivity contribution >= 4 is 7.82 Å². The zero-order chi connectivity index (χ0) is 23.0. The van der Waals surface area contributed by atoms with Crippen LogP contribution in [-0.4, -0.2) is 34.7 Å². The molecule has 1 aliphatic rings. The third kappa shape index (κ3) is 5.43. The first-order valence-electron chi connectivity index (χ1n) is 9.99. The van der Waals surface area contributed by atoms with Gasteiger partial charge in [-0.15, -0.1) is 0 Å². The smallest absolute Gasteiger partial charge is 0.404 e.